The maximum atomic E-state index is 12.1. The fourth-order valence-electron chi connectivity index (χ4n) is 1.73. The molecule has 2 aromatic rings. The molecule has 0 saturated carbocycles. The summed E-state index contributed by atoms with van der Waals surface area (Å²) < 4.78 is 29.5. The molecule has 2 N–H and O–H groups in total. The number of nitrogens with zero attached hydrogens (tertiary/aromatic N) is 1. The topological polar surface area (TPSA) is 108 Å². The first-order chi connectivity index (χ1) is 11.8. The van der Waals surface area contributed by atoms with Gasteiger partial charge in [-0.3, -0.25) is 10.2 Å². The largest absolute Gasteiger partial charge is 0.482 e. The quantitative estimate of drug-likeness (QED) is 0.724. The molecule has 10 heteroatoms. The Morgan fingerprint density at radius 3 is 2.64 bits per heavy atom. The first-order valence-electron chi connectivity index (χ1n) is 6.71. The lowest BCUT2D eigenvalue weighted by Crippen LogP contribution is -2.43. The van der Waals surface area contributed by atoms with Gasteiger partial charge in [0.1, 0.15) is 16.7 Å². The van der Waals surface area contributed by atoms with Gasteiger partial charge in [0, 0.05) is 5.02 Å². The van der Waals surface area contributed by atoms with Crippen LogP contribution < -0.4 is 15.0 Å². The third-order valence-electron chi connectivity index (χ3n) is 2.87. The fourth-order valence-corrected chi connectivity index (χ4v) is 3.35. The van der Waals surface area contributed by atoms with Crippen molar-refractivity contribution >= 4 is 39.1 Å². The number of hydrogen-bond acceptors (Lipinski definition) is 5. The lowest BCUT2D eigenvalue weighted by atomic mass is 10.2. The second kappa shape index (κ2) is 8.18. The van der Waals surface area contributed by atoms with Gasteiger partial charge in [-0.1, -0.05) is 35.3 Å². The van der Waals surface area contributed by atoms with Crippen molar-refractivity contribution in [2.45, 2.75) is 4.90 Å². The summed E-state index contributed by atoms with van der Waals surface area (Å²) in [5, 5.41) is 9.05. The highest BCUT2D eigenvalue weighted by Gasteiger charge is 2.19. The number of benzene rings is 2. The van der Waals surface area contributed by atoms with Crippen LogP contribution >= 0.6 is 23.2 Å². The number of hydrogen-bond donors (Lipinski definition) is 2. The first kappa shape index (κ1) is 19.0. The van der Waals surface area contributed by atoms with Crippen molar-refractivity contribution in [3.8, 4) is 11.8 Å². The molecule has 0 saturated heterocycles. The monoisotopic (exact) mass is 399 g/mol. The molecule has 0 atom stereocenters. The molecular weight excluding hydrogens is 389 g/mol. The summed E-state index contributed by atoms with van der Waals surface area (Å²) in [6.45, 7) is -0.496. The van der Waals surface area contributed by atoms with Gasteiger partial charge in [0.05, 0.1) is 10.6 Å². The average Bonchev–Trinajstić information content (AvgIpc) is 2.60. The highest BCUT2D eigenvalue weighted by atomic mass is 35.5. The average molecular weight is 400 g/mol. The number of ether oxygens (including phenoxy) is 1. The normalized spacial score (nSPS) is 10.8. The molecule has 0 aliphatic carbocycles. The number of amides is 1. The van der Waals surface area contributed by atoms with Crippen molar-refractivity contribution < 1.29 is 17.9 Å². The molecule has 0 spiro atoms. The van der Waals surface area contributed by atoms with Crippen LogP contribution in [0.25, 0.3) is 0 Å². The molecule has 0 aliphatic heterocycles. The number of para-hydroxylation sites is 1. The number of sulfonamides is 1. The van der Waals surface area contributed by atoms with Crippen LogP contribution in [0.5, 0.6) is 5.75 Å². The van der Waals surface area contributed by atoms with E-state index in [1.54, 1.807) is 12.1 Å². The van der Waals surface area contributed by atoms with Gasteiger partial charge in [-0.2, -0.15) is 5.26 Å². The number of rotatable bonds is 6. The van der Waals surface area contributed by atoms with Gasteiger partial charge in [0.2, 0.25) is 0 Å². The van der Waals surface area contributed by atoms with E-state index in [-0.39, 0.29) is 26.3 Å². The van der Waals surface area contributed by atoms with E-state index in [9.17, 15) is 13.2 Å². The number of halogens is 2. The van der Waals surface area contributed by atoms with E-state index < -0.39 is 22.5 Å². The summed E-state index contributed by atoms with van der Waals surface area (Å²) in [6, 6.07) is 12.1. The van der Waals surface area contributed by atoms with Crippen LogP contribution in [0.1, 0.15) is 5.56 Å². The molecule has 0 fully saturated rings. The molecule has 0 aromatic heterocycles. The van der Waals surface area contributed by atoms with Gasteiger partial charge in [-0.25, -0.2) is 8.42 Å². The van der Waals surface area contributed by atoms with Crippen molar-refractivity contribution in [3.05, 3.63) is 58.1 Å². The SMILES string of the molecule is N#Cc1ccccc1OCC(=O)NNS(=O)(=O)c1cc(Cl)ccc1Cl. The molecule has 0 heterocycles. The van der Waals surface area contributed by atoms with Gasteiger partial charge in [0.25, 0.3) is 15.9 Å². The number of nitrogens with one attached hydrogen (secondary N) is 2. The van der Waals surface area contributed by atoms with Crippen molar-refractivity contribution in [2.24, 2.45) is 0 Å². The molecule has 2 rings (SSSR count). The van der Waals surface area contributed by atoms with E-state index in [1.165, 1.54) is 24.3 Å². The predicted octanol–water partition coefficient (Wildman–Crippen LogP) is 2.25. The number of hydrazine groups is 1. The fraction of sp³-hybridized carbons (Fsp3) is 0.0667. The highest BCUT2D eigenvalue weighted by Crippen LogP contribution is 2.24. The summed E-state index contributed by atoms with van der Waals surface area (Å²) in [6.07, 6.45) is 0. The molecule has 25 heavy (non-hydrogen) atoms. The minimum atomic E-state index is -4.11. The van der Waals surface area contributed by atoms with Crippen LogP contribution in [0, 0.1) is 11.3 Å². The predicted molar refractivity (Wildman–Crippen MR) is 91.6 cm³/mol. The van der Waals surface area contributed by atoms with Gasteiger partial charge in [-0.05, 0) is 30.3 Å². The van der Waals surface area contributed by atoms with Crippen LogP contribution in [0.3, 0.4) is 0 Å². The van der Waals surface area contributed by atoms with Crippen molar-refractivity contribution in [2.75, 3.05) is 6.61 Å². The van der Waals surface area contributed by atoms with Crippen LogP contribution in [-0.2, 0) is 14.8 Å². The minimum absolute atomic E-state index is 0.0506. The summed E-state index contributed by atoms with van der Waals surface area (Å²) in [5.74, 6) is -0.560. The summed E-state index contributed by atoms with van der Waals surface area (Å²) in [4.78, 5) is 13.4. The number of nitriles is 1. The molecule has 0 unspecified atom stereocenters. The lowest BCUT2D eigenvalue weighted by Gasteiger charge is -2.11. The first-order valence-corrected chi connectivity index (χ1v) is 8.95. The van der Waals surface area contributed by atoms with E-state index in [4.69, 9.17) is 33.2 Å². The van der Waals surface area contributed by atoms with Crippen LogP contribution in [-0.4, -0.2) is 20.9 Å². The van der Waals surface area contributed by atoms with E-state index in [0.717, 1.165) is 6.07 Å². The minimum Gasteiger partial charge on any atom is -0.482 e. The molecule has 0 radical (unpaired) electrons. The Morgan fingerprint density at radius 2 is 1.92 bits per heavy atom. The highest BCUT2D eigenvalue weighted by molar-refractivity contribution is 7.89. The molecule has 0 bridgehead atoms. The number of carbonyl (C=O) groups excluding carboxylic acids is 1. The Labute approximate surface area is 154 Å². The van der Waals surface area contributed by atoms with E-state index in [0.29, 0.717) is 0 Å². The third kappa shape index (κ3) is 5.08. The van der Waals surface area contributed by atoms with E-state index >= 15 is 0 Å². The van der Waals surface area contributed by atoms with Crippen molar-refractivity contribution in [1.29, 1.82) is 5.26 Å². The summed E-state index contributed by atoms with van der Waals surface area (Å²) >= 11 is 11.6. The molecule has 130 valence electrons. The molecule has 0 aliphatic rings. The zero-order chi connectivity index (χ0) is 18.4. The van der Waals surface area contributed by atoms with Crippen molar-refractivity contribution in [1.82, 2.24) is 10.3 Å². The Hall–Kier alpha value is -2.31. The summed E-state index contributed by atoms with van der Waals surface area (Å²) in [7, 11) is -4.11. The van der Waals surface area contributed by atoms with E-state index in [1.807, 2.05) is 16.3 Å². The molecular formula is C15H11Cl2N3O4S. The lowest BCUT2D eigenvalue weighted by molar-refractivity contribution is -0.123. The maximum Gasteiger partial charge on any atom is 0.272 e. The maximum absolute atomic E-state index is 12.1. The van der Waals surface area contributed by atoms with Crippen LogP contribution in [0.2, 0.25) is 10.0 Å². The molecule has 7 nitrogen and oxygen atoms in total. The second-order valence-electron chi connectivity index (χ2n) is 4.63. The van der Waals surface area contributed by atoms with Crippen LogP contribution in [0.4, 0.5) is 0 Å². The Bertz CT molecular complexity index is 942. The zero-order valence-corrected chi connectivity index (χ0v) is 14.8. The van der Waals surface area contributed by atoms with Gasteiger partial charge >= 0.3 is 0 Å². The third-order valence-corrected chi connectivity index (χ3v) is 4.84. The second-order valence-corrected chi connectivity index (χ2v) is 7.12. The van der Waals surface area contributed by atoms with Crippen molar-refractivity contribution in [3.63, 3.8) is 0 Å². The Kier molecular flexibility index (Phi) is 6.22. The molecule has 1 amide bonds. The zero-order valence-electron chi connectivity index (χ0n) is 12.5. The van der Waals surface area contributed by atoms with Gasteiger partial charge < -0.3 is 4.74 Å². The smallest absolute Gasteiger partial charge is 0.272 e. The van der Waals surface area contributed by atoms with Gasteiger partial charge in [-0.15, -0.1) is 4.83 Å². The Morgan fingerprint density at radius 1 is 1.20 bits per heavy atom. The van der Waals surface area contributed by atoms with Gasteiger partial charge in [0.15, 0.2) is 6.61 Å². The Balaban J connectivity index is 1.97. The molecule has 2 aromatic carbocycles. The van der Waals surface area contributed by atoms with E-state index in [2.05, 4.69) is 0 Å². The summed E-state index contributed by atoms with van der Waals surface area (Å²) in [5.41, 5.74) is 2.24. The standard InChI is InChI=1S/C15H11Cl2N3O4S/c16-11-5-6-12(17)14(7-11)25(22,23)20-19-15(21)9-24-13-4-2-1-3-10(13)8-18/h1-7,20H,9H2,(H,19,21). The number of carbonyl (C=O) groups is 1. The van der Waals surface area contributed by atoms with Crippen LogP contribution in [0.15, 0.2) is 47.4 Å².